The Morgan fingerprint density at radius 3 is 2.12 bits per heavy atom. The van der Waals surface area contributed by atoms with Gasteiger partial charge in [-0.05, 0) is 25.2 Å². The minimum atomic E-state index is -4.36. The predicted molar refractivity (Wildman–Crippen MR) is 87.9 cm³/mol. The number of nitrogens with zero attached hydrogens (tertiary/aromatic N) is 1. The van der Waals surface area contributed by atoms with Crippen molar-refractivity contribution in [1.29, 1.82) is 0 Å². The fourth-order valence-corrected chi connectivity index (χ4v) is 2.72. The van der Waals surface area contributed by atoms with Gasteiger partial charge < -0.3 is 8.95 Å². The van der Waals surface area contributed by atoms with Gasteiger partial charge in [-0.1, -0.05) is 38.1 Å². The van der Waals surface area contributed by atoms with E-state index in [9.17, 15) is 13.2 Å². The lowest BCUT2D eigenvalue weighted by atomic mass is 9.88. The summed E-state index contributed by atoms with van der Waals surface area (Å²) in [5.74, 6) is 0.469. The van der Waals surface area contributed by atoms with E-state index in [0.29, 0.717) is 17.9 Å². The normalized spacial score (nSPS) is 12.9. The molecule has 1 heterocycles. The van der Waals surface area contributed by atoms with Crippen LogP contribution >= 0.6 is 0 Å². The summed E-state index contributed by atoms with van der Waals surface area (Å²) in [6, 6.07) is 4.91. The predicted octanol–water partition coefficient (Wildman–Crippen LogP) is 5.43. The zero-order valence-corrected chi connectivity index (χ0v) is 15.4. The lowest BCUT2D eigenvalue weighted by Gasteiger charge is -2.17. The molecule has 0 unspecified atom stereocenters. The second kappa shape index (κ2) is 6.72. The molecule has 0 N–H and O–H groups in total. The molecule has 0 amide bonds. The second-order valence-electron chi connectivity index (χ2n) is 6.86. The maximum absolute atomic E-state index is 12.7. The molecular formula is C17H21F3NO2Si. The summed E-state index contributed by atoms with van der Waals surface area (Å²) >= 11 is 0. The topological polar surface area (TPSA) is 35.3 Å². The van der Waals surface area contributed by atoms with Crippen LogP contribution in [0.25, 0.3) is 11.3 Å². The van der Waals surface area contributed by atoms with Crippen LogP contribution in [0.1, 0.15) is 37.6 Å². The summed E-state index contributed by atoms with van der Waals surface area (Å²) in [5, 5.41) is 4.15. The van der Waals surface area contributed by atoms with Crippen LogP contribution in [-0.2, 0) is 22.6 Å². The second-order valence-corrected chi connectivity index (χ2v) is 8.97. The highest BCUT2D eigenvalue weighted by Crippen LogP contribution is 2.35. The van der Waals surface area contributed by atoms with Gasteiger partial charge in [0.25, 0.3) is 0 Å². The molecule has 0 saturated heterocycles. The van der Waals surface area contributed by atoms with Gasteiger partial charge in [-0.15, -0.1) is 0 Å². The molecule has 131 valence electrons. The Hall–Kier alpha value is -1.60. The lowest BCUT2D eigenvalue weighted by Crippen LogP contribution is -2.16. The third kappa shape index (κ3) is 4.27. The summed E-state index contributed by atoms with van der Waals surface area (Å²) in [5.41, 5.74) is 1.19. The van der Waals surface area contributed by atoms with Gasteiger partial charge in [0.15, 0.2) is 5.76 Å². The smallest absolute Gasteiger partial charge is 0.413 e. The van der Waals surface area contributed by atoms with E-state index in [2.05, 4.69) is 5.16 Å². The molecule has 0 bridgehead atoms. The van der Waals surface area contributed by atoms with E-state index in [0.717, 1.165) is 23.4 Å². The number of alkyl halides is 3. The van der Waals surface area contributed by atoms with E-state index in [1.165, 1.54) is 12.1 Å². The SMILES string of the molecule is C[Si](C)OCc1c(C(C)(C)C)noc1-c1ccc(C(F)(F)F)cc1. The number of benzene rings is 1. The average Bonchev–Trinajstić information content (AvgIpc) is 2.88. The molecular weight excluding hydrogens is 335 g/mol. The fourth-order valence-electron chi connectivity index (χ4n) is 2.29. The third-order valence-corrected chi connectivity index (χ3v) is 4.20. The van der Waals surface area contributed by atoms with Gasteiger partial charge in [-0.3, -0.25) is 0 Å². The van der Waals surface area contributed by atoms with Crippen LogP contribution < -0.4 is 0 Å². The van der Waals surface area contributed by atoms with Crippen molar-refractivity contribution in [3.8, 4) is 11.3 Å². The highest BCUT2D eigenvalue weighted by atomic mass is 28.3. The molecule has 0 fully saturated rings. The summed E-state index contributed by atoms with van der Waals surface area (Å²) in [6.07, 6.45) is -4.36. The molecule has 7 heteroatoms. The lowest BCUT2D eigenvalue weighted by molar-refractivity contribution is -0.137. The zero-order chi connectivity index (χ0) is 18.1. The van der Waals surface area contributed by atoms with Crippen LogP contribution in [0.15, 0.2) is 28.8 Å². The van der Waals surface area contributed by atoms with Crippen LogP contribution in [0.5, 0.6) is 0 Å². The minimum Gasteiger partial charge on any atom is -0.413 e. The molecule has 0 atom stereocenters. The van der Waals surface area contributed by atoms with Gasteiger partial charge in [-0.2, -0.15) is 13.2 Å². The third-order valence-electron chi connectivity index (χ3n) is 3.48. The van der Waals surface area contributed by atoms with Gasteiger partial charge >= 0.3 is 6.18 Å². The number of halogens is 3. The first-order valence-electron chi connectivity index (χ1n) is 7.59. The Kier molecular flexibility index (Phi) is 5.24. The van der Waals surface area contributed by atoms with Crippen LogP contribution in [0.2, 0.25) is 13.1 Å². The maximum Gasteiger partial charge on any atom is 0.416 e. The van der Waals surface area contributed by atoms with Crippen molar-refractivity contribution in [2.24, 2.45) is 0 Å². The van der Waals surface area contributed by atoms with Crippen molar-refractivity contribution in [3.05, 3.63) is 41.1 Å². The van der Waals surface area contributed by atoms with E-state index < -0.39 is 20.8 Å². The van der Waals surface area contributed by atoms with E-state index in [4.69, 9.17) is 8.95 Å². The first kappa shape index (κ1) is 18.7. The van der Waals surface area contributed by atoms with Gasteiger partial charge in [0.05, 0.1) is 17.9 Å². The average molecular weight is 356 g/mol. The molecule has 3 nitrogen and oxygen atoms in total. The fraction of sp³-hybridized carbons (Fsp3) is 0.471. The molecule has 1 aromatic carbocycles. The van der Waals surface area contributed by atoms with Crippen molar-refractivity contribution < 1.29 is 22.1 Å². The maximum atomic E-state index is 12.7. The van der Waals surface area contributed by atoms with E-state index in [1.807, 2.05) is 33.9 Å². The quantitative estimate of drug-likeness (QED) is 0.686. The molecule has 2 rings (SSSR count). The summed E-state index contributed by atoms with van der Waals surface area (Å²) < 4.78 is 49.4. The highest BCUT2D eigenvalue weighted by molar-refractivity contribution is 6.48. The largest absolute Gasteiger partial charge is 0.416 e. The highest BCUT2D eigenvalue weighted by Gasteiger charge is 2.31. The van der Waals surface area contributed by atoms with Crippen molar-refractivity contribution in [2.75, 3.05) is 0 Å². The van der Waals surface area contributed by atoms with Crippen molar-refractivity contribution in [3.63, 3.8) is 0 Å². The molecule has 0 aliphatic carbocycles. The van der Waals surface area contributed by atoms with Crippen LogP contribution in [0, 0.1) is 0 Å². The van der Waals surface area contributed by atoms with Crippen molar-refractivity contribution >= 4 is 9.04 Å². The molecule has 1 radical (unpaired) electrons. The number of hydrogen-bond acceptors (Lipinski definition) is 3. The molecule has 1 aromatic heterocycles. The number of hydrogen-bond donors (Lipinski definition) is 0. The van der Waals surface area contributed by atoms with Gasteiger partial charge in [-0.25, -0.2) is 0 Å². The van der Waals surface area contributed by atoms with Gasteiger partial charge in [0, 0.05) is 16.5 Å². The van der Waals surface area contributed by atoms with E-state index in [-0.39, 0.29) is 5.41 Å². The van der Waals surface area contributed by atoms with Crippen LogP contribution in [0.4, 0.5) is 13.2 Å². The number of rotatable bonds is 4. The monoisotopic (exact) mass is 356 g/mol. The van der Waals surface area contributed by atoms with Gasteiger partial charge in [0.2, 0.25) is 9.04 Å². The molecule has 2 aromatic rings. The van der Waals surface area contributed by atoms with E-state index in [1.54, 1.807) is 0 Å². The molecule has 24 heavy (non-hydrogen) atoms. The molecule has 0 saturated carbocycles. The van der Waals surface area contributed by atoms with Crippen molar-refractivity contribution in [2.45, 2.75) is 52.1 Å². The molecule has 0 aliphatic rings. The van der Waals surface area contributed by atoms with Crippen LogP contribution in [0.3, 0.4) is 0 Å². The van der Waals surface area contributed by atoms with Gasteiger partial charge in [0.1, 0.15) is 0 Å². The first-order valence-corrected chi connectivity index (χ1v) is 10.0. The standard InChI is InChI=1S/C17H21F3NO2Si/c1-16(2,3)15-13(10-22-24(4)5)14(23-21-15)11-6-8-12(9-7-11)17(18,19)20/h6-9H,10H2,1-5H3. The first-order chi connectivity index (χ1) is 11.0. The van der Waals surface area contributed by atoms with Crippen molar-refractivity contribution in [1.82, 2.24) is 5.16 Å². The van der Waals surface area contributed by atoms with E-state index >= 15 is 0 Å². The van der Waals surface area contributed by atoms with Crippen LogP contribution in [-0.4, -0.2) is 14.2 Å². The Morgan fingerprint density at radius 1 is 1.08 bits per heavy atom. The zero-order valence-electron chi connectivity index (χ0n) is 14.4. The Balaban J connectivity index is 2.44. The summed E-state index contributed by atoms with van der Waals surface area (Å²) in [4.78, 5) is 0. The Labute approximate surface area is 141 Å². The molecule has 0 spiro atoms. The number of aromatic nitrogens is 1. The summed E-state index contributed by atoms with van der Waals surface area (Å²) in [6.45, 7) is 10.4. The molecule has 0 aliphatic heterocycles. The minimum absolute atomic E-state index is 0.249. The Morgan fingerprint density at radius 2 is 1.67 bits per heavy atom. The summed E-state index contributed by atoms with van der Waals surface area (Å²) in [7, 11) is -0.914. The Bertz CT molecular complexity index is 685.